The summed E-state index contributed by atoms with van der Waals surface area (Å²) in [5, 5.41) is 4.37. The van der Waals surface area contributed by atoms with Crippen molar-refractivity contribution in [2.45, 2.75) is 20.8 Å². The fourth-order valence-corrected chi connectivity index (χ4v) is 2.28. The van der Waals surface area contributed by atoms with Crippen molar-refractivity contribution in [2.75, 3.05) is 6.61 Å². The maximum atomic E-state index is 5.64. The highest BCUT2D eigenvalue weighted by atomic mass is 16.5. The first kappa shape index (κ1) is 12.6. The number of aromatic nitrogens is 4. The van der Waals surface area contributed by atoms with Crippen molar-refractivity contribution >= 4 is 5.65 Å². The van der Waals surface area contributed by atoms with Crippen LogP contribution in [-0.4, -0.2) is 26.2 Å². The van der Waals surface area contributed by atoms with Gasteiger partial charge in [-0.1, -0.05) is 0 Å². The van der Waals surface area contributed by atoms with Crippen LogP contribution in [0.15, 0.2) is 30.6 Å². The van der Waals surface area contributed by atoms with Crippen molar-refractivity contribution in [3.05, 3.63) is 41.9 Å². The first-order chi connectivity index (χ1) is 9.72. The van der Waals surface area contributed by atoms with E-state index in [1.807, 2.05) is 43.5 Å². The lowest BCUT2D eigenvalue weighted by Gasteiger charge is -2.13. The normalized spacial score (nSPS) is 10.9. The van der Waals surface area contributed by atoms with Crippen LogP contribution in [0.2, 0.25) is 0 Å². The predicted molar refractivity (Wildman–Crippen MR) is 76.9 cm³/mol. The van der Waals surface area contributed by atoms with Gasteiger partial charge < -0.3 is 4.74 Å². The minimum Gasteiger partial charge on any atom is -0.477 e. The third kappa shape index (κ3) is 1.91. The van der Waals surface area contributed by atoms with E-state index in [2.05, 4.69) is 15.1 Å². The number of pyridine rings is 1. The first-order valence-electron chi connectivity index (χ1n) is 6.61. The van der Waals surface area contributed by atoms with Gasteiger partial charge >= 0.3 is 0 Å². The molecule has 5 nitrogen and oxygen atoms in total. The standard InChI is InChI=1S/C15H16N4O/c1-4-20-15-12(6-5-8-16-15)14-10(2)11(3)18-13-7-9-17-19(13)14/h5-9H,4H2,1-3H3. The first-order valence-corrected chi connectivity index (χ1v) is 6.61. The third-order valence-corrected chi connectivity index (χ3v) is 3.32. The Hall–Kier alpha value is -2.43. The highest BCUT2D eigenvalue weighted by molar-refractivity contribution is 5.71. The lowest BCUT2D eigenvalue weighted by molar-refractivity contribution is 0.328. The molecule has 0 saturated carbocycles. The van der Waals surface area contributed by atoms with Crippen molar-refractivity contribution < 1.29 is 4.74 Å². The molecule has 0 fully saturated rings. The molecule has 3 heterocycles. The summed E-state index contributed by atoms with van der Waals surface area (Å²) >= 11 is 0. The van der Waals surface area contributed by atoms with Gasteiger partial charge in [0.25, 0.3) is 0 Å². The minimum absolute atomic E-state index is 0.579. The van der Waals surface area contributed by atoms with E-state index in [0.717, 1.165) is 28.2 Å². The second-order valence-electron chi connectivity index (χ2n) is 4.56. The van der Waals surface area contributed by atoms with Crippen molar-refractivity contribution in [1.29, 1.82) is 0 Å². The van der Waals surface area contributed by atoms with E-state index in [0.29, 0.717) is 12.5 Å². The Morgan fingerprint density at radius 2 is 2.05 bits per heavy atom. The molecule has 3 aromatic heterocycles. The summed E-state index contributed by atoms with van der Waals surface area (Å²) in [5.41, 5.74) is 4.81. The Morgan fingerprint density at radius 3 is 2.85 bits per heavy atom. The van der Waals surface area contributed by atoms with E-state index in [1.165, 1.54) is 0 Å². The molecule has 102 valence electrons. The summed E-state index contributed by atoms with van der Waals surface area (Å²) in [5.74, 6) is 0.625. The molecule has 0 aliphatic carbocycles. The average molecular weight is 268 g/mol. The number of hydrogen-bond acceptors (Lipinski definition) is 4. The summed E-state index contributed by atoms with van der Waals surface area (Å²) in [4.78, 5) is 8.86. The number of nitrogens with zero attached hydrogens (tertiary/aromatic N) is 4. The molecule has 0 radical (unpaired) electrons. The van der Waals surface area contributed by atoms with Crippen LogP contribution in [0.3, 0.4) is 0 Å². The van der Waals surface area contributed by atoms with Crippen LogP contribution in [0.5, 0.6) is 5.88 Å². The summed E-state index contributed by atoms with van der Waals surface area (Å²) < 4.78 is 7.47. The molecule has 0 atom stereocenters. The number of ether oxygens (including phenoxy) is 1. The maximum absolute atomic E-state index is 5.64. The van der Waals surface area contributed by atoms with Crippen LogP contribution in [0.25, 0.3) is 16.9 Å². The van der Waals surface area contributed by atoms with Gasteiger partial charge in [0.15, 0.2) is 5.65 Å². The Balaban J connectivity index is 2.34. The molecule has 0 aliphatic rings. The van der Waals surface area contributed by atoms with Gasteiger partial charge in [-0.2, -0.15) is 5.10 Å². The highest BCUT2D eigenvalue weighted by Gasteiger charge is 2.16. The fraction of sp³-hybridized carbons (Fsp3) is 0.267. The van der Waals surface area contributed by atoms with E-state index in [-0.39, 0.29) is 0 Å². The molecule has 0 spiro atoms. The van der Waals surface area contributed by atoms with Crippen molar-refractivity contribution in [3.8, 4) is 17.1 Å². The molecule has 0 N–H and O–H groups in total. The molecule has 3 rings (SSSR count). The maximum Gasteiger partial charge on any atom is 0.222 e. The zero-order valence-corrected chi connectivity index (χ0v) is 11.8. The minimum atomic E-state index is 0.579. The van der Waals surface area contributed by atoms with Gasteiger partial charge in [-0.3, -0.25) is 0 Å². The monoisotopic (exact) mass is 268 g/mol. The largest absolute Gasteiger partial charge is 0.477 e. The Bertz CT molecular complexity index is 764. The van der Waals surface area contributed by atoms with Gasteiger partial charge in [-0.15, -0.1) is 0 Å². The van der Waals surface area contributed by atoms with E-state index in [4.69, 9.17) is 4.74 Å². The van der Waals surface area contributed by atoms with Crippen LogP contribution in [-0.2, 0) is 0 Å². The van der Waals surface area contributed by atoms with Gasteiger partial charge in [0.2, 0.25) is 5.88 Å². The number of hydrogen-bond donors (Lipinski definition) is 0. The van der Waals surface area contributed by atoms with E-state index in [1.54, 1.807) is 12.4 Å². The van der Waals surface area contributed by atoms with E-state index in [9.17, 15) is 0 Å². The summed E-state index contributed by atoms with van der Waals surface area (Å²) in [6.07, 6.45) is 3.49. The zero-order valence-electron chi connectivity index (χ0n) is 11.8. The Morgan fingerprint density at radius 1 is 1.20 bits per heavy atom. The second-order valence-corrected chi connectivity index (χ2v) is 4.56. The quantitative estimate of drug-likeness (QED) is 0.733. The van der Waals surface area contributed by atoms with Gasteiger partial charge in [0, 0.05) is 18.0 Å². The molecule has 0 aromatic carbocycles. The predicted octanol–water partition coefficient (Wildman–Crippen LogP) is 2.81. The third-order valence-electron chi connectivity index (χ3n) is 3.32. The second kappa shape index (κ2) is 4.92. The lowest BCUT2D eigenvalue weighted by Crippen LogP contribution is -2.05. The topological polar surface area (TPSA) is 52.3 Å². The van der Waals surface area contributed by atoms with Crippen molar-refractivity contribution in [1.82, 2.24) is 19.6 Å². The summed E-state index contributed by atoms with van der Waals surface area (Å²) in [6.45, 7) is 6.58. The fourth-order valence-electron chi connectivity index (χ4n) is 2.28. The smallest absolute Gasteiger partial charge is 0.222 e. The van der Waals surface area contributed by atoms with Crippen molar-refractivity contribution in [3.63, 3.8) is 0 Å². The molecular weight excluding hydrogens is 252 g/mol. The van der Waals surface area contributed by atoms with Gasteiger partial charge in [0.1, 0.15) is 0 Å². The van der Waals surface area contributed by atoms with Crippen molar-refractivity contribution in [2.24, 2.45) is 0 Å². The molecule has 3 aromatic rings. The molecule has 0 unspecified atom stereocenters. The van der Waals surface area contributed by atoms with Crippen LogP contribution in [0.1, 0.15) is 18.2 Å². The molecular formula is C15H16N4O. The highest BCUT2D eigenvalue weighted by Crippen LogP contribution is 2.31. The Kier molecular flexibility index (Phi) is 3.10. The van der Waals surface area contributed by atoms with Gasteiger partial charge in [0.05, 0.1) is 24.1 Å². The molecule has 5 heteroatoms. The lowest BCUT2D eigenvalue weighted by atomic mass is 10.1. The summed E-state index contributed by atoms with van der Waals surface area (Å²) in [7, 11) is 0. The van der Waals surface area contributed by atoms with Crippen LogP contribution in [0, 0.1) is 13.8 Å². The van der Waals surface area contributed by atoms with Crippen LogP contribution < -0.4 is 4.74 Å². The van der Waals surface area contributed by atoms with E-state index < -0.39 is 0 Å². The van der Waals surface area contributed by atoms with E-state index >= 15 is 0 Å². The van der Waals surface area contributed by atoms with Crippen LogP contribution >= 0.6 is 0 Å². The molecule has 0 bridgehead atoms. The zero-order chi connectivity index (χ0) is 14.1. The van der Waals surface area contributed by atoms with Gasteiger partial charge in [-0.25, -0.2) is 14.5 Å². The molecule has 0 saturated heterocycles. The molecule has 20 heavy (non-hydrogen) atoms. The summed E-state index contributed by atoms with van der Waals surface area (Å²) in [6, 6.07) is 5.80. The number of aryl methyl sites for hydroxylation is 1. The number of fused-ring (bicyclic) bond motifs is 1. The molecule has 0 amide bonds. The molecule has 0 aliphatic heterocycles. The Labute approximate surface area is 117 Å². The SMILES string of the molecule is CCOc1ncccc1-c1c(C)c(C)nc2ccnn12. The number of rotatable bonds is 3. The van der Waals surface area contributed by atoms with Crippen LogP contribution in [0.4, 0.5) is 0 Å². The van der Waals surface area contributed by atoms with Gasteiger partial charge in [-0.05, 0) is 38.5 Å². The average Bonchev–Trinajstić information content (AvgIpc) is 2.89.